The summed E-state index contributed by atoms with van der Waals surface area (Å²) in [6.45, 7) is 3.36. The van der Waals surface area contributed by atoms with Crippen molar-refractivity contribution in [2.24, 2.45) is 7.05 Å². The van der Waals surface area contributed by atoms with E-state index in [-0.39, 0.29) is 4.70 Å². The minimum atomic E-state index is 0. The summed E-state index contributed by atoms with van der Waals surface area (Å²) in [4.78, 5) is 0. The molecule has 1 rings (SSSR count). The van der Waals surface area contributed by atoms with Gasteiger partial charge in [0.2, 0.25) is 6.33 Å². The molecule has 0 aliphatic heterocycles. The van der Waals surface area contributed by atoms with Gasteiger partial charge in [-0.3, -0.25) is 4.70 Å². The number of nitrogens with zero attached hydrogens (tertiary/aromatic N) is 2. The first-order valence-corrected chi connectivity index (χ1v) is 3.84. The van der Waals surface area contributed by atoms with E-state index in [9.17, 15) is 0 Å². The van der Waals surface area contributed by atoms with E-state index in [1.54, 1.807) is 0 Å². The van der Waals surface area contributed by atoms with E-state index in [0.29, 0.717) is 0 Å². The van der Waals surface area contributed by atoms with Crippen LogP contribution in [0.4, 0.5) is 4.70 Å². The Morgan fingerprint density at radius 2 is 2.18 bits per heavy atom. The van der Waals surface area contributed by atoms with Gasteiger partial charge in [-0.05, 0) is 6.42 Å². The molecule has 0 amide bonds. The SMILES string of the molecule is CCCC[n+]1ccn(C)c1.F. The van der Waals surface area contributed by atoms with E-state index in [1.165, 1.54) is 12.8 Å². The summed E-state index contributed by atoms with van der Waals surface area (Å²) in [5, 5.41) is 0. The lowest BCUT2D eigenvalue weighted by atomic mass is 10.3. The zero-order chi connectivity index (χ0) is 7.40. The molecule has 1 aromatic rings. The van der Waals surface area contributed by atoms with Crippen LogP contribution in [-0.2, 0) is 13.6 Å². The molecule has 0 atom stereocenters. The first-order valence-electron chi connectivity index (χ1n) is 3.84. The number of imidazole rings is 1. The molecule has 0 aliphatic rings. The van der Waals surface area contributed by atoms with Gasteiger partial charge in [-0.1, -0.05) is 13.3 Å². The maximum absolute atomic E-state index is 2.21. The molecule has 0 radical (unpaired) electrons. The molecule has 0 fully saturated rings. The lowest BCUT2D eigenvalue weighted by Gasteiger charge is -1.90. The van der Waals surface area contributed by atoms with Gasteiger partial charge in [0.15, 0.2) is 0 Å². The summed E-state index contributed by atoms with van der Waals surface area (Å²) >= 11 is 0. The molecule has 0 saturated carbocycles. The second-order valence-electron chi connectivity index (χ2n) is 2.67. The fourth-order valence-corrected chi connectivity index (χ4v) is 0.975. The third kappa shape index (κ3) is 3.16. The van der Waals surface area contributed by atoms with Crippen LogP contribution >= 0.6 is 0 Å². The highest BCUT2D eigenvalue weighted by molar-refractivity contribution is 4.61. The average molecular weight is 159 g/mol. The van der Waals surface area contributed by atoms with Crippen LogP contribution in [0.2, 0.25) is 0 Å². The number of rotatable bonds is 3. The minimum absolute atomic E-state index is 0. The van der Waals surface area contributed by atoms with Crippen molar-refractivity contribution in [2.75, 3.05) is 0 Å². The summed E-state index contributed by atoms with van der Waals surface area (Å²) in [6, 6.07) is 0. The Hall–Kier alpha value is -0.860. The molecule has 2 nitrogen and oxygen atoms in total. The smallest absolute Gasteiger partial charge is 0.243 e. The van der Waals surface area contributed by atoms with Gasteiger partial charge in [0.05, 0.1) is 13.6 Å². The monoisotopic (exact) mass is 159 g/mol. The topological polar surface area (TPSA) is 8.81 Å². The fourth-order valence-electron chi connectivity index (χ4n) is 0.975. The molecule has 0 bridgehead atoms. The Morgan fingerprint density at radius 1 is 1.45 bits per heavy atom. The largest absolute Gasteiger partial charge is 0.269 e. The Balaban J connectivity index is 0.000001000. The predicted octanol–water partition coefficient (Wildman–Crippen LogP) is 1.27. The zero-order valence-corrected chi connectivity index (χ0v) is 7.16. The molecule has 0 spiro atoms. The third-order valence-corrected chi connectivity index (χ3v) is 1.59. The maximum atomic E-state index is 2.21. The number of aromatic nitrogens is 2. The molecule has 11 heavy (non-hydrogen) atoms. The van der Waals surface area contributed by atoms with Crippen molar-refractivity contribution < 1.29 is 9.27 Å². The first-order chi connectivity index (χ1) is 4.83. The number of aryl methyl sites for hydroxylation is 2. The molecule has 0 aliphatic carbocycles. The molecule has 3 heteroatoms. The van der Waals surface area contributed by atoms with Crippen molar-refractivity contribution in [1.29, 1.82) is 0 Å². The quantitative estimate of drug-likeness (QED) is 0.587. The van der Waals surface area contributed by atoms with Gasteiger partial charge >= 0.3 is 0 Å². The number of halogens is 1. The van der Waals surface area contributed by atoms with E-state index >= 15 is 0 Å². The highest BCUT2D eigenvalue weighted by atomic mass is 19.0. The van der Waals surface area contributed by atoms with Crippen LogP contribution in [0.3, 0.4) is 0 Å². The molecular weight excluding hydrogens is 143 g/mol. The van der Waals surface area contributed by atoms with Crippen molar-refractivity contribution in [3.63, 3.8) is 0 Å². The first kappa shape index (κ1) is 10.1. The second-order valence-corrected chi connectivity index (χ2v) is 2.67. The Labute approximate surface area is 66.8 Å². The van der Waals surface area contributed by atoms with Gasteiger partial charge in [-0.2, -0.15) is 0 Å². The van der Waals surface area contributed by atoms with E-state index < -0.39 is 0 Å². The summed E-state index contributed by atoms with van der Waals surface area (Å²) in [6.07, 6.45) is 8.82. The van der Waals surface area contributed by atoms with Crippen LogP contribution in [-0.4, -0.2) is 4.57 Å². The second kappa shape index (κ2) is 4.88. The van der Waals surface area contributed by atoms with Gasteiger partial charge in [-0.15, -0.1) is 0 Å². The van der Waals surface area contributed by atoms with Crippen molar-refractivity contribution >= 4 is 0 Å². The summed E-state index contributed by atoms with van der Waals surface area (Å²) in [5.41, 5.74) is 0. The summed E-state index contributed by atoms with van der Waals surface area (Å²) < 4.78 is 4.28. The van der Waals surface area contributed by atoms with E-state index in [4.69, 9.17) is 0 Å². The van der Waals surface area contributed by atoms with Gasteiger partial charge in [0.25, 0.3) is 0 Å². The van der Waals surface area contributed by atoms with Crippen LogP contribution in [0.1, 0.15) is 19.8 Å². The van der Waals surface area contributed by atoms with Crippen molar-refractivity contribution in [2.45, 2.75) is 26.3 Å². The predicted molar refractivity (Wildman–Crippen MR) is 43.0 cm³/mol. The number of hydrogen-bond acceptors (Lipinski definition) is 0. The van der Waals surface area contributed by atoms with Crippen LogP contribution < -0.4 is 4.57 Å². The molecule has 1 heterocycles. The number of hydrogen-bond donors (Lipinski definition) is 0. The molecular formula is C8H16FN2+. The third-order valence-electron chi connectivity index (χ3n) is 1.59. The summed E-state index contributed by atoms with van der Waals surface area (Å²) in [5.74, 6) is 0. The Kier molecular flexibility index (Phi) is 4.50. The Bertz CT molecular complexity index is 196. The molecule has 0 N–H and O–H groups in total. The minimum Gasteiger partial charge on any atom is -0.269 e. The average Bonchev–Trinajstić information content (AvgIpc) is 2.31. The standard InChI is InChI=1S/C8H15N2.FH/c1-3-4-5-10-7-6-9(2)8-10;/h6-8H,3-5H2,1-2H3;1H/q+1;. The lowest BCUT2D eigenvalue weighted by Crippen LogP contribution is -2.30. The highest BCUT2D eigenvalue weighted by Gasteiger charge is 1.96. The normalized spacial score (nSPS) is 9.27. The van der Waals surface area contributed by atoms with Crippen molar-refractivity contribution in [1.82, 2.24) is 4.57 Å². The Morgan fingerprint density at radius 3 is 2.64 bits per heavy atom. The van der Waals surface area contributed by atoms with Gasteiger partial charge in [0.1, 0.15) is 12.4 Å². The van der Waals surface area contributed by atoms with Gasteiger partial charge < -0.3 is 0 Å². The van der Waals surface area contributed by atoms with Crippen molar-refractivity contribution in [3.8, 4) is 0 Å². The molecule has 64 valence electrons. The summed E-state index contributed by atoms with van der Waals surface area (Å²) in [7, 11) is 2.04. The molecule has 0 unspecified atom stereocenters. The van der Waals surface area contributed by atoms with Gasteiger partial charge in [-0.25, -0.2) is 9.13 Å². The van der Waals surface area contributed by atoms with Crippen LogP contribution in [0.15, 0.2) is 18.7 Å². The fraction of sp³-hybridized carbons (Fsp3) is 0.625. The van der Waals surface area contributed by atoms with E-state index in [2.05, 4.69) is 34.8 Å². The number of unbranched alkanes of at least 4 members (excludes halogenated alkanes) is 1. The van der Waals surface area contributed by atoms with Crippen molar-refractivity contribution in [3.05, 3.63) is 18.7 Å². The molecule has 0 saturated heterocycles. The lowest BCUT2D eigenvalue weighted by molar-refractivity contribution is -0.696. The van der Waals surface area contributed by atoms with E-state index in [0.717, 1.165) is 6.54 Å². The molecule has 1 aromatic heterocycles. The highest BCUT2D eigenvalue weighted by Crippen LogP contribution is 1.85. The zero-order valence-electron chi connectivity index (χ0n) is 7.16. The molecule has 0 aromatic carbocycles. The van der Waals surface area contributed by atoms with Crippen LogP contribution in [0.25, 0.3) is 0 Å². The van der Waals surface area contributed by atoms with Crippen LogP contribution in [0, 0.1) is 0 Å². The van der Waals surface area contributed by atoms with Gasteiger partial charge in [0, 0.05) is 0 Å². The van der Waals surface area contributed by atoms with Crippen LogP contribution in [0.5, 0.6) is 0 Å². The maximum Gasteiger partial charge on any atom is 0.243 e. The van der Waals surface area contributed by atoms with E-state index in [1.807, 2.05) is 7.05 Å².